The van der Waals surface area contributed by atoms with E-state index >= 15 is 0 Å². The predicted octanol–water partition coefficient (Wildman–Crippen LogP) is 1.98. The lowest BCUT2D eigenvalue weighted by atomic mass is 10.1. The number of methoxy groups -OCH3 is 1. The number of fused-ring (bicyclic) bond motifs is 1. The number of carboxylic acids is 1. The molecule has 1 N–H and O–H groups in total. The van der Waals surface area contributed by atoms with E-state index in [1.54, 1.807) is 18.2 Å². The fourth-order valence-corrected chi connectivity index (χ4v) is 2.09. The van der Waals surface area contributed by atoms with Gasteiger partial charge >= 0.3 is 11.9 Å². The summed E-state index contributed by atoms with van der Waals surface area (Å²) in [5.74, 6) is -1.20. The molecule has 19 heavy (non-hydrogen) atoms. The zero-order valence-corrected chi connectivity index (χ0v) is 10.8. The summed E-state index contributed by atoms with van der Waals surface area (Å²) >= 11 is 0. The number of rotatable bonds is 4. The van der Waals surface area contributed by atoms with Crippen LogP contribution in [0.3, 0.4) is 0 Å². The lowest BCUT2D eigenvalue weighted by Crippen LogP contribution is -2.04. The summed E-state index contributed by atoms with van der Waals surface area (Å²) in [7, 11) is 3.23. The van der Waals surface area contributed by atoms with E-state index in [-0.39, 0.29) is 11.5 Å². The zero-order valence-electron chi connectivity index (χ0n) is 10.8. The number of aromatic nitrogens is 1. The number of hydrogen-bond acceptors (Lipinski definition) is 3. The molecule has 0 aliphatic heterocycles. The summed E-state index contributed by atoms with van der Waals surface area (Å²) in [6.07, 6.45) is 0.882. The molecular weight excluding hydrogens is 246 g/mol. The van der Waals surface area contributed by atoms with Crippen molar-refractivity contribution in [1.29, 1.82) is 0 Å². The second-order valence-electron chi connectivity index (χ2n) is 4.35. The van der Waals surface area contributed by atoms with Crippen LogP contribution in [-0.2, 0) is 23.0 Å². The minimum Gasteiger partial charge on any atom is -0.478 e. The van der Waals surface area contributed by atoms with Crippen LogP contribution in [0.15, 0.2) is 24.3 Å². The summed E-state index contributed by atoms with van der Waals surface area (Å²) in [6.45, 7) is 0. The Morgan fingerprint density at radius 3 is 2.68 bits per heavy atom. The van der Waals surface area contributed by atoms with E-state index in [2.05, 4.69) is 4.74 Å². The Hall–Kier alpha value is -2.30. The second-order valence-corrected chi connectivity index (χ2v) is 4.35. The van der Waals surface area contributed by atoms with Crippen molar-refractivity contribution >= 4 is 22.8 Å². The first-order valence-electron chi connectivity index (χ1n) is 5.91. The van der Waals surface area contributed by atoms with Crippen molar-refractivity contribution in [3.05, 3.63) is 35.5 Å². The van der Waals surface area contributed by atoms with Gasteiger partial charge in [0.05, 0.1) is 19.1 Å². The first kappa shape index (κ1) is 13.1. The highest BCUT2D eigenvalue weighted by molar-refractivity contribution is 5.93. The number of carbonyl (C=O) groups excluding carboxylic acids is 1. The number of carbonyl (C=O) groups is 2. The number of esters is 1. The molecule has 0 atom stereocenters. The van der Waals surface area contributed by atoms with Crippen LogP contribution >= 0.6 is 0 Å². The van der Waals surface area contributed by atoms with Crippen LogP contribution in [0.2, 0.25) is 0 Å². The molecule has 1 aromatic carbocycles. The van der Waals surface area contributed by atoms with Crippen molar-refractivity contribution in [3.63, 3.8) is 0 Å². The highest BCUT2D eigenvalue weighted by Crippen LogP contribution is 2.21. The number of aromatic carboxylic acids is 1. The number of carboxylic acid groups (broad SMARTS) is 1. The molecule has 0 unspecified atom stereocenters. The first-order valence-corrected chi connectivity index (χ1v) is 5.91. The molecule has 0 radical (unpaired) electrons. The van der Waals surface area contributed by atoms with Crippen LogP contribution in [0.4, 0.5) is 0 Å². The fraction of sp³-hybridized carbons (Fsp3) is 0.286. The van der Waals surface area contributed by atoms with Gasteiger partial charge in [-0.25, -0.2) is 4.79 Å². The van der Waals surface area contributed by atoms with E-state index in [0.717, 1.165) is 16.6 Å². The van der Waals surface area contributed by atoms with Gasteiger partial charge in [-0.15, -0.1) is 0 Å². The van der Waals surface area contributed by atoms with Gasteiger partial charge in [-0.1, -0.05) is 6.07 Å². The maximum atomic E-state index is 11.1. The molecule has 0 fully saturated rings. The van der Waals surface area contributed by atoms with Gasteiger partial charge in [-0.2, -0.15) is 0 Å². The second kappa shape index (κ2) is 5.14. The Balaban J connectivity index is 2.34. The number of nitrogens with zero attached hydrogens (tertiary/aromatic N) is 1. The molecule has 1 aromatic heterocycles. The lowest BCUT2D eigenvalue weighted by Gasteiger charge is -2.04. The maximum absolute atomic E-state index is 11.1. The molecule has 5 nitrogen and oxygen atoms in total. The van der Waals surface area contributed by atoms with Crippen molar-refractivity contribution in [3.8, 4) is 0 Å². The molecule has 0 aliphatic rings. The van der Waals surface area contributed by atoms with Crippen LogP contribution in [0.5, 0.6) is 0 Å². The molecule has 0 aliphatic carbocycles. The van der Waals surface area contributed by atoms with Crippen LogP contribution < -0.4 is 0 Å². The average Bonchev–Trinajstić information content (AvgIpc) is 2.72. The Bertz CT molecular complexity index is 642. The largest absolute Gasteiger partial charge is 0.478 e. The smallest absolute Gasteiger partial charge is 0.335 e. The van der Waals surface area contributed by atoms with Gasteiger partial charge in [-0.05, 0) is 30.0 Å². The summed E-state index contributed by atoms with van der Waals surface area (Å²) < 4.78 is 6.52. The molecule has 0 saturated heterocycles. The molecule has 2 rings (SSSR count). The fourth-order valence-electron chi connectivity index (χ4n) is 2.09. The quantitative estimate of drug-likeness (QED) is 0.854. The molecular formula is C14H15NO4. The van der Waals surface area contributed by atoms with Gasteiger partial charge in [0.2, 0.25) is 0 Å². The van der Waals surface area contributed by atoms with Crippen LogP contribution in [0, 0.1) is 0 Å². The summed E-state index contributed by atoms with van der Waals surface area (Å²) in [6, 6.07) is 6.96. The molecule has 2 aromatic rings. The van der Waals surface area contributed by atoms with Crippen LogP contribution in [0.25, 0.3) is 10.9 Å². The number of benzene rings is 1. The van der Waals surface area contributed by atoms with Crippen molar-refractivity contribution in [1.82, 2.24) is 4.57 Å². The monoisotopic (exact) mass is 261 g/mol. The van der Waals surface area contributed by atoms with Gasteiger partial charge in [-0.3, -0.25) is 4.79 Å². The molecule has 0 bridgehead atoms. The lowest BCUT2D eigenvalue weighted by molar-refractivity contribution is -0.140. The molecule has 5 heteroatoms. The van der Waals surface area contributed by atoms with E-state index in [4.69, 9.17) is 5.11 Å². The number of ether oxygens (including phenoxy) is 1. The minimum atomic E-state index is -0.945. The van der Waals surface area contributed by atoms with Gasteiger partial charge in [0.1, 0.15) is 0 Å². The SMILES string of the molecule is COC(=O)CCc1cc2ccc(C(=O)O)cc2n1C. The highest BCUT2D eigenvalue weighted by Gasteiger charge is 2.10. The normalized spacial score (nSPS) is 10.6. The highest BCUT2D eigenvalue weighted by atomic mass is 16.5. The van der Waals surface area contributed by atoms with Gasteiger partial charge < -0.3 is 14.4 Å². The molecule has 0 spiro atoms. The third-order valence-electron chi connectivity index (χ3n) is 3.20. The summed E-state index contributed by atoms with van der Waals surface area (Å²) in [5, 5.41) is 9.94. The number of hydrogen-bond donors (Lipinski definition) is 1. The van der Waals surface area contributed by atoms with Crippen molar-refractivity contribution < 1.29 is 19.4 Å². The van der Waals surface area contributed by atoms with Crippen LogP contribution in [-0.4, -0.2) is 28.7 Å². The number of aryl methyl sites for hydroxylation is 2. The Kier molecular flexibility index (Phi) is 3.55. The van der Waals surface area contributed by atoms with Crippen molar-refractivity contribution in [2.45, 2.75) is 12.8 Å². The molecule has 0 saturated carbocycles. The van der Waals surface area contributed by atoms with Gasteiger partial charge in [0, 0.05) is 18.3 Å². The summed E-state index contributed by atoms with van der Waals surface area (Å²) in [4.78, 5) is 22.1. The molecule has 0 amide bonds. The topological polar surface area (TPSA) is 68.5 Å². The van der Waals surface area contributed by atoms with E-state index in [1.807, 2.05) is 17.7 Å². The van der Waals surface area contributed by atoms with E-state index < -0.39 is 5.97 Å². The predicted molar refractivity (Wildman–Crippen MR) is 70.2 cm³/mol. The van der Waals surface area contributed by atoms with Crippen molar-refractivity contribution in [2.75, 3.05) is 7.11 Å². The maximum Gasteiger partial charge on any atom is 0.335 e. The summed E-state index contributed by atoms with van der Waals surface area (Å²) in [5.41, 5.74) is 2.08. The van der Waals surface area contributed by atoms with Gasteiger partial charge in [0.25, 0.3) is 0 Å². The third-order valence-corrected chi connectivity index (χ3v) is 3.20. The first-order chi connectivity index (χ1) is 9.02. The van der Waals surface area contributed by atoms with Crippen LogP contribution in [0.1, 0.15) is 22.5 Å². The third kappa shape index (κ3) is 2.59. The zero-order chi connectivity index (χ0) is 14.0. The molecule has 1 heterocycles. The Labute approximate surface area is 110 Å². The standard InChI is InChI=1S/C14H15NO4/c1-15-11(5-6-13(16)19-2)7-9-3-4-10(14(17)18)8-12(9)15/h3-4,7-8H,5-6H2,1-2H3,(H,17,18). The average molecular weight is 261 g/mol. The minimum absolute atomic E-state index is 0.253. The van der Waals surface area contributed by atoms with E-state index in [0.29, 0.717) is 12.8 Å². The van der Waals surface area contributed by atoms with Crippen molar-refractivity contribution in [2.24, 2.45) is 7.05 Å². The van der Waals surface area contributed by atoms with E-state index in [1.165, 1.54) is 7.11 Å². The van der Waals surface area contributed by atoms with E-state index in [9.17, 15) is 9.59 Å². The molecule has 100 valence electrons. The Morgan fingerprint density at radius 1 is 1.32 bits per heavy atom. The van der Waals surface area contributed by atoms with Gasteiger partial charge in [0.15, 0.2) is 0 Å². The Morgan fingerprint density at radius 2 is 2.05 bits per heavy atom.